The van der Waals surface area contributed by atoms with Crippen LogP contribution < -0.4 is 5.32 Å². The molecule has 1 aromatic heterocycles. The lowest BCUT2D eigenvalue weighted by Crippen LogP contribution is -2.15. The summed E-state index contributed by atoms with van der Waals surface area (Å²) >= 11 is 0. The third-order valence-electron chi connectivity index (χ3n) is 4.08. The van der Waals surface area contributed by atoms with E-state index in [2.05, 4.69) is 18.3 Å². The minimum Gasteiger partial charge on any atom is -0.468 e. The molecule has 1 aromatic rings. The molecule has 0 aromatic carbocycles. The molecular formula is C18H33NO. The second kappa shape index (κ2) is 12.0. The maximum atomic E-state index is 5.47. The van der Waals surface area contributed by atoms with Gasteiger partial charge in [-0.3, -0.25) is 0 Å². The second-order valence-electron chi connectivity index (χ2n) is 5.83. The summed E-state index contributed by atoms with van der Waals surface area (Å²) in [7, 11) is 2.02. The summed E-state index contributed by atoms with van der Waals surface area (Å²) in [5.41, 5.74) is 0. The van der Waals surface area contributed by atoms with E-state index in [-0.39, 0.29) is 0 Å². The zero-order chi connectivity index (χ0) is 14.5. The van der Waals surface area contributed by atoms with Gasteiger partial charge in [0, 0.05) is 0 Å². The van der Waals surface area contributed by atoms with Gasteiger partial charge in [-0.2, -0.15) is 0 Å². The lowest BCUT2D eigenvalue weighted by Gasteiger charge is -2.13. The summed E-state index contributed by atoms with van der Waals surface area (Å²) < 4.78 is 5.47. The fraction of sp³-hybridized carbons (Fsp3) is 0.778. The molecule has 0 radical (unpaired) electrons. The fourth-order valence-electron chi connectivity index (χ4n) is 2.75. The monoisotopic (exact) mass is 279 g/mol. The molecule has 0 amide bonds. The topological polar surface area (TPSA) is 25.2 Å². The molecule has 0 saturated heterocycles. The molecule has 1 N–H and O–H groups in total. The van der Waals surface area contributed by atoms with Gasteiger partial charge in [-0.25, -0.2) is 0 Å². The van der Waals surface area contributed by atoms with Crippen LogP contribution in [0.1, 0.15) is 89.4 Å². The molecule has 0 aliphatic heterocycles. The van der Waals surface area contributed by atoms with Gasteiger partial charge in [0.15, 0.2) is 0 Å². The first-order chi connectivity index (χ1) is 9.88. The Kier molecular flexibility index (Phi) is 10.4. The van der Waals surface area contributed by atoms with Crippen molar-refractivity contribution in [2.45, 2.75) is 83.6 Å². The highest BCUT2D eigenvalue weighted by atomic mass is 16.3. The predicted molar refractivity (Wildman–Crippen MR) is 87.0 cm³/mol. The van der Waals surface area contributed by atoms with Crippen molar-refractivity contribution < 1.29 is 4.42 Å². The highest BCUT2D eigenvalue weighted by Gasteiger charge is 2.10. The van der Waals surface area contributed by atoms with Crippen molar-refractivity contribution in [3.63, 3.8) is 0 Å². The highest BCUT2D eigenvalue weighted by molar-refractivity contribution is 5.03. The molecule has 0 aliphatic carbocycles. The molecule has 116 valence electrons. The Hall–Kier alpha value is -0.760. The van der Waals surface area contributed by atoms with Crippen LogP contribution in [-0.4, -0.2) is 7.05 Å². The maximum absolute atomic E-state index is 5.47. The first-order valence-electron chi connectivity index (χ1n) is 8.59. The molecular weight excluding hydrogens is 246 g/mol. The van der Waals surface area contributed by atoms with Crippen LogP contribution in [0.2, 0.25) is 0 Å². The molecule has 0 saturated carbocycles. The first-order valence-corrected chi connectivity index (χ1v) is 8.59. The van der Waals surface area contributed by atoms with E-state index in [1.54, 1.807) is 6.26 Å². The summed E-state index contributed by atoms with van der Waals surface area (Å²) in [4.78, 5) is 0. The smallest absolute Gasteiger partial charge is 0.120 e. The summed E-state index contributed by atoms with van der Waals surface area (Å²) in [5.74, 6) is 1.07. The number of hydrogen-bond acceptors (Lipinski definition) is 2. The van der Waals surface area contributed by atoms with E-state index in [1.807, 2.05) is 13.1 Å². The third kappa shape index (κ3) is 7.74. The van der Waals surface area contributed by atoms with Crippen LogP contribution in [0.4, 0.5) is 0 Å². The van der Waals surface area contributed by atoms with Gasteiger partial charge < -0.3 is 9.73 Å². The maximum Gasteiger partial charge on any atom is 0.120 e. The molecule has 1 unspecified atom stereocenters. The van der Waals surface area contributed by atoms with Gasteiger partial charge >= 0.3 is 0 Å². The average Bonchev–Trinajstić information content (AvgIpc) is 2.99. The molecule has 2 heteroatoms. The minimum atomic E-state index is 0.388. The Labute approximate surface area is 125 Å². The van der Waals surface area contributed by atoms with Crippen molar-refractivity contribution >= 4 is 0 Å². The number of furan rings is 1. The number of hydrogen-bond donors (Lipinski definition) is 1. The van der Waals surface area contributed by atoms with E-state index in [4.69, 9.17) is 4.42 Å². The molecule has 1 atom stereocenters. The van der Waals surface area contributed by atoms with Gasteiger partial charge in [-0.15, -0.1) is 0 Å². The van der Waals surface area contributed by atoms with Crippen LogP contribution in [0.15, 0.2) is 22.8 Å². The van der Waals surface area contributed by atoms with Crippen molar-refractivity contribution in [3.8, 4) is 0 Å². The van der Waals surface area contributed by atoms with Gasteiger partial charge in [0.1, 0.15) is 5.76 Å². The van der Waals surface area contributed by atoms with Crippen molar-refractivity contribution in [1.29, 1.82) is 0 Å². The molecule has 20 heavy (non-hydrogen) atoms. The standard InChI is InChI=1S/C18H33NO/c1-3-4-5-6-7-8-9-10-11-12-14-17(19-2)18-15-13-16-20-18/h13,15-17,19H,3-12,14H2,1-2H3. The molecule has 1 heterocycles. The van der Waals surface area contributed by atoms with Crippen LogP contribution in [0, 0.1) is 0 Å². The number of unbranched alkanes of at least 4 members (excludes halogenated alkanes) is 9. The summed E-state index contributed by atoms with van der Waals surface area (Å²) in [6, 6.07) is 4.43. The summed E-state index contributed by atoms with van der Waals surface area (Å²) in [6.45, 7) is 2.28. The van der Waals surface area contributed by atoms with E-state index in [9.17, 15) is 0 Å². The Morgan fingerprint density at radius 1 is 0.950 bits per heavy atom. The quantitative estimate of drug-likeness (QED) is 0.458. The number of rotatable bonds is 13. The van der Waals surface area contributed by atoms with Gasteiger partial charge in [-0.1, -0.05) is 71.1 Å². The van der Waals surface area contributed by atoms with E-state index in [1.165, 1.54) is 70.6 Å². The Morgan fingerprint density at radius 2 is 1.55 bits per heavy atom. The number of nitrogens with one attached hydrogen (secondary N) is 1. The van der Waals surface area contributed by atoms with Crippen LogP contribution in [-0.2, 0) is 0 Å². The zero-order valence-electron chi connectivity index (χ0n) is 13.5. The average molecular weight is 279 g/mol. The second-order valence-corrected chi connectivity index (χ2v) is 5.83. The molecule has 0 fully saturated rings. The minimum absolute atomic E-state index is 0.388. The fourth-order valence-corrected chi connectivity index (χ4v) is 2.75. The van der Waals surface area contributed by atoms with E-state index < -0.39 is 0 Å². The predicted octanol–water partition coefficient (Wildman–Crippen LogP) is 5.85. The van der Waals surface area contributed by atoms with E-state index in [0.29, 0.717) is 6.04 Å². The molecule has 0 spiro atoms. The van der Waals surface area contributed by atoms with Crippen molar-refractivity contribution in [3.05, 3.63) is 24.2 Å². The Balaban J connectivity index is 1.91. The highest BCUT2D eigenvalue weighted by Crippen LogP contribution is 2.20. The third-order valence-corrected chi connectivity index (χ3v) is 4.08. The van der Waals surface area contributed by atoms with Crippen LogP contribution in [0.3, 0.4) is 0 Å². The molecule has 0 aliphatic rings. The van der Waals surface area contributed by atoms with Gasteiger partial charge in [0.05, 0.1) is 12.3 Å². The van der Waals surface area contributed by atoms with Crippen molar-refractivity contribution in [2.75, 3.05) is 7.05 Å². The van der Waals surface area contributed by atoms with Crippen molar-refractivity contribution in [1.82, 2.24) is 5.32 Å². The van der Waals surface area contributed by atoms with Crippen LogP contribution in [0.5, 0.6) is 0 Å². The molecule has 0 bridgehead atoms. The lowest BCUT2D eigenvalue weighted by molar-refractivity contribution is 0.401. The normalized spacial score (nSPS) is 12.7. The Morgan fingerprint density at radius 3 is 2.05 bits per heavy atom. The summed E-state index contributed by atoms with van der Waals surface area (Å²) in [5, 5.41) is 3.34. The SMILES string of the molecule is CCCCCCCCCCCCC(NC)c1ccco1. The molecule has 2 nitrogen and oxygen atoms in total. The molecule has 1 rings (SSSR count). The van der Waals surface area contributed by atoms with Crippen molar-refractivity contribution in [2.24, 2.45) is 0 Å². The van der Waals surface area contributed by atoms with Crippen LogP contribution >= 0.6 is 0 Å². The van der Waals surface area contributed by atoms with Crippen LogP contribution in [0.25, 0.3) is 0 Å². The summed E-state index contributed by atoms with van der Waals surface area (Å²) in [6.07, 6.45) is 16.9. The van der Waals surface area contributed by atoms with Gasteiger partial charge in [0.2, 0.25) is 0 Å². The lowest BCUT2D eigenvalue weighted by atomic mass is 10.0. The largest absolute Gasteiger partial charge is 0.468 e. The zero-order valence-corrected chi connectivity index (χ0v) is 13.5. The van der Waals surface area contributed by atoms with Gasteiger partial charge in [-0.05, 0) is 25.6 Å². The van der Waals surface area contributed by atoms with E-state index >= 15 is 0 Å². The van der Waals surface area contributed by atoms with Gasteiger partial charge in [0.25, 0.3) is 0 Å². The first kappa shape index (κ1) is 17.3. The Bertz CT molecular complexity index is 294. The van der Waals surface area contributed by atoms with E-state index in [0.717, 1.165) is 5.76 Å².